The third-order valence-electron chi connectivity index (χ3n) is 4.02. The Labute approximate surface area is 182 Å². The minimum absolute atomic E-state index is 0.0101. The molecule has 0 aromatic heterocycles. The zero-order chi connectivity index (χ0) is 21.4. The van der Waals surface area contributed by atoms with Gasteiger partial charge in [-0.2, -0.15) is 0 Å². The minimum atomic E-state index is -0.613. The quantitative estimate of drug-likeness (QED) is 0.249. The maximum atomic E-state index is 13.0. The molecule has 0 unspecified atom stereocenters. The molecule has 0 saturated carbocycles. The van der Waals surface area contributed by atoms with E-state index in [1.165, 1.54) is 18.2 Å². The van der Waals surface area contributed by atoms with E-state index in [0.717, 1.165) is 6.07 Å². The number of rotatable bonds is 10. The van der Waals surface area contributed by atoms with Crippen LogP contribution in [0.2, 0.25) is 5.02 Å². The smallest absolute Gasteiger partial charge is 0.270 e. The predicted molar refractivity (Wildman–Crippen MR) is 114 cm³/mol. The maximum absolute atomic E-state index is 13.0. The average Bonchev–Trinajstić information content (AvgIpc) is 2.68. The van der Waals surface area contributed by atoms with Crippen LogP contribution in [0.15, 0.2) is 42.5 Å². The number of hydrogen-bond acceptors (Lipinski definition) is 5. The summed E-state index contributed by atoms with van der Waals surface area (Å²) in [5.41, 5.74) is 0.0319. The second kappa shape index (κ2) is 11.1. The zero-order valence-corrected chi connectivity index (χ0v) is 17.5. The van der Waals surface area contributed by atoms with E-state index in [-0.39, 0.29) is 34.1 Å². The number of amides is 1. The number of nitro groups is 1. The molecule has 0 heterocycles. The topological polar surface area (TPSA) is 92.6 Å². The molecule has 0 bridgehead atoms. The molecule has 0 saturated heterocycles. The lowest BCUT2D eigenvalue weighted by Crippen LogP contribution is -2.36. The second-order valence-electron chi connectivity index (χ2n) is 6.00. The summed E-state index contributed by atoms with van der Waals surface area (Å²) >= 11 is 17.6. The highest BCUT2D eigenvalue weighted by molar-refractivity contribution is 6.35. The molecular formula is C19H18Cl3N3O4. The highest BCUT2D eigenvalue weighted by Gasteiger charge is 2.21. The van der Waals surface area contributed by atoms with Gasteiger partial charge in [0, 0.05) is 42.5 Å². The normalized spacial score (nSPS) is 10.8. The summed E-state index contributed by atoms with van der Waals surface area (Å²) in [6, 6.07) is 10.0. The predicted octanol–water partition coefficient (Wildman–Crippen LogP) is 4.20. The monoisotopic (exact) mass is 457 g/mol. The molecule has 0 aliphatic heterocycles. The first-order valence-electron chi connectivity index (χ1n) is 8.59. The fourth-order valence-corrected chi connectivity index (χ4v) is 3.33. The van der Waals surface area contributed by atoms with Gasteiger partial charge in [0.05, 0.1) is 27.7 Å². The van der Waals surface area contributed by atoms with Crippen LogP contribution in [0, 0.1) is 10.1 Å². The van der Waals surface area contributed by atoms with E-state index in [2.05, 4.69) is 5.32 Å². The van der Waals surface area contributed by atoms with Gasteiger partial charge in [-0.05, 0) is 18.2 Å². The highest BCUT2D eigenvalue weighted by Crippen LogP contribution is 2.27. The molecule has 0 aliphatic rings. The van der Waals surface area contributed by atoms with Crippen molar-refractivity contribution in [3.05, 3.63) is 68.7 Å². The van der Waals surface area contributed by atoms with E-state index < -0.39 is 16.6 Å². The van der Waals surface area contributed by atoms with E-state index in [4.69, 9.17) is 34.8 Å². The molecule has 0 aliphatic carbocycles. The minimum Gasteiger partial charge on any atom is -0.324 e. The van der Waals surface area contributed by atoms with Crippen LogP contribution in [0.1, 0.15) is 15.9 Å². The number of benzene rings is 2. The Morgan fingerprint density at radius 2 is 1.69 bits per heavy atom. The third kappa shape index (κ3) is 6.40. The lowest BCUT2D eigenvalue weighted by atomic mass is 10.0. The van der Waals surface area contributed by atoms with Crippen molar-refractivity contribution in [1.29, 1.82) is 0 Å². The fourth-order valence-electron chi connectivity index (χ4n) is 2.63. The standard InChI is InChI=1S/C19H18Cl3N3O4/c20-7-9-24(10-8-21)12-18(26)23-17-6-5-13(25(28)29)11-15(17)19(27)14-3-1-2-4-16(14)22/h1-6,11H,7-10,12H2,(H,23,26). The van der Waals surface area contributed by atoms with Crippen LogP contribution >= 0.6 is 34.8 Å². The average molecular weight is 459 g/mol. The summed E-state index contributed by atoms with van der Waals surface area (Å²) < 4.78 is 0. The van der Waals surface area contributed by atoms with Crippen molar-refractivity contribution in [3.8, 4) is 0 Å². The van der Waals surface area contributed by atoms with Crippen molar-refractivity contribution in [2.45, 2.75) is 0 Å². The van der Waals surface area contributed by atoms with E-state index in [9.17, 15) is 19.7 Å². The van der Waals surface area contributed by atoms with Crippen LogP contribution in [0.25, 0.3) is 0 Å². The van der Waals surface area contributed by atoms with Crippen molar-refractivity contribution >= 4 is 57.9 Å². The Hall–Kier alpha value is -2.19. The number of alkyl halides is 2. The first-order chi connectivity index (χ1) is 13.9. The molecule has 0 spiro atoms. The lowest BCUT2D eigenvalue weighted by Gasteiger charge is -2.19. The number of carbonyl (C=O) groups excluding carboxylic acids is 2. The van der Waals surface area contributed by atoms with E-state index in [1.807, 2.05) is 0 Å². The van der Waals surface area contributed by atoms with Gasteiger partial charge >= 0.3 is 0 Å². The van der Waals surface area contributed by atoms with Gasteiger partial charge in [-0.25, -0.2) is 0 Å². The van der Waals surface area contributed by atoms with Gasteiger partial charge in [0.2, 0.25) is 5.91 Å². The summed E-state index contributed by atoms with van der Waals surface area (Å²) in [5, 5.41) is 14.0. The largest absolute Gasteiger partial charge is 0.324 e. The number of non-ortho nitro benzene ring substituents is 1. The molecule has 2 aromatic rings. The molecule has 1 N–H and O–H groups in total. The SMILES string of the molecule is O=C(CN(CCCl)CCCl)Nc1ccc([N+](=O)[O-])cc1C(=O)c1ccccc1Cl. The molecule has 0 atom stereocenters. The summed E-state index contributed by atoms with van der Waals surface area (Å²) in [6.45, 7) is 0.941. The lowest BCUT2D eigenvalue weighted by molar-refractivity contribution is -0.384. The van der Waals surface area contributed by atoms with Crippen molar-refractivity contribution in [2.24, 2.45) is 0 Å². The first kappa shape index (κ1) is 23.1. The molecule has 29 heavy (non-hydrogen) atoms. The van der Waals surface area contributed by atoms with Crippen LogP contribution in [-0.2, 0) is 4.79 Å². The van der Waals surface area contributed by atoms with E-state index in [1.54, 1.807) is 23.1 Å². The summed E-state index contributed by atoms with van der Waals surface area (Å²) in [4.78, 5) is 37.7. The van der Waals surface area contributed by atoms with Gasteiger partial charge in [-0.3, -0.25) is 24.6 Å². The number of anilines is 1. The van der Waals surface area contributed by atoms with Crippen LogP contribution in [0.5, 0.6) is 0 Å². The van der Waals surface area contributed by atoms with Crippen molar-refractivity contribution in [1.82, 2.24) is 4.90 Å². The van der Waals surface area contributed by atoms with Gasteiger partial charge in [-0.15, -0.1) is 23.2 Å². The number of nitrogens with one attached hydrogen (secondary N) is 1. The molecule has 0 fully saturated rings. The van der Waals surface area contributed by atoms with Crippen LogP contribution in [0.4, 0.5) is 11.4 Å². The van der Waals surface area contributed by atoms with Gasteiger partial charge in [0.1, 0.15) is 0 Å². The van der Waals surface area contributed by atoms with Crippen LogP contribution in [-0.4, -0.2) is 52.9 Å². The fraction of sp³-hybridized carbons (Fsp3) is 0.263. The summed E-state index contributed by atoms with van der Waals surface area (Å²) in [5.74, 6) is -0.272. The van der Waals surface area contributed by atoms with Crippen molar-refractivity contribution in [2.75, 3.05) is 36.7 Å². The Kier molecular flexibility index (Phi) is 8.85. The van der Waals surface area contributed by atoms with Crippen LogP contribution in [0.3, 0.4) is 0 Å². The van der Waals surface area contributed by atoms with Gasteiger partial charge in [-0.1, -0.05) is 23.7 Å². The van der Waals surface area contributed by atoms with Gasteiger partial charge in [0.15, 0.2) is 5.78 Å². The molecule has 2 rings (SSSR count). The van der Waals surface area contributed by atoms with Crippen LogP contribution < -0.4 is 5.32 Å². The van der Waals surface area contributed by atoms with E-state index in [0.29, 0.717) is 24.8 Å². The molecular weight excluding hydrogens is 441 g/mol. The van der Waals surface area contributed by atoms with Crippen molar-refractivity contribution < 1.29 is 14.5 Å². The zero-order valence-electron chi connectivity index (χ0n) is 15.2. The number of nitrogens with zero attached hydrogens (tertiary/aromatic N) is 2. The Morgan fingerprint density at radius 3 is 2.28 bits per heavy atom. The highest BCUT2D eigenvalue weighted by atomic mass is 35.5. The number of hydrogen-bond donors (Lipinski definition) is 1. The second-order valence-corrected chi connectivity index (χ2v) is 7.16. The Bertz CT molecular complexity index is 902. The Morgan fingerprint density at radius 1 is 1.03 bits per heavy atom. The summed E-state index contributed by atoms with van der Waals surface area (Å²) in [7, 11) is 0. The third-order valence-corrected chi connectivity index (χ3v) is 4.69. The maximum Gasteiger partial charge on any atom is 0.270 e. The molecule has 1 amide bonds. The first-order valence-corrected chi connectivity index (χ1v) is 10.0. The van der Waals surface area contributed by atoms with E-state index >= 15 is 0 Å². The Balaban J connectivity index is 2.34. The molecule has 7 nitrogen and oxygen atoms in total. The molecule has 10 heteroatoms. The van der Waals surface area contributed by atoms with Crippen molar-refractivity contribution in [3.63, 3.8) is 0 Å². The summed E-state index contributed by atoms with van der Waals surface area (Å²) in [6.07, 6.45) is 0. The number of halogens is 3. The molecule has 0 radical (unpaired) electrons. The number of ketones is 1. The van der Waals surface area contributed by atoms with Gasteiger partial charge < -0.3 is 5.32 Å². The molecule has 154 valence electrons. The molecule has 2 aromatic carbocycles. The number of nitro benzene ring substituents is 1. The number of carbonyl (C=O) groups is 2. The van der Waals surface area contributed by atoms with Gasteiger partial charge in [0.25, 0.3) is 5.69 Å².